The number of pyridine rings is 1. The van der Waals surface area contributed by atoms with Crippen LogP contribution in [0, 0.1) is 19.3 Å². The van der Waals surface area contributed by atoms with Gasteiger partial charge in [-0.2, -0.15) is 0 Å². The molecule has 4 heteroatoms. The summed E-state index contributed by atoms with van der Waals surface area (Å²) in [6.45, 7) is 6.78. The highest BCUT2D eigenvalue weighted by Gasteiger charge is 2.06. The highest BCUT2D eigenvalue weighted by molar-refractivity contribution is 5.25. The Labute approximate surface area is 101 Å². The van der Waals surface area contributed by atoms with Crippen LogP contribution in [0.1, 0.15) is 12.6 Å². The normalized spacial score (nSPS) is 10.5. The molecule has 1 rings (SSSR count). The first-order valence-corrected chi connectivity index (χ1v) is 5.65. The van der Waals surface area contributed by atoms with Gasteiger partial charge in [0.05, 0.1) is 12.2 Å². The van der Waals surface area contributed by atoms with Crippen LogP contribution in [0.25, 0.3) is 0 Å². The molecule has 1 aromatic rings. The minimum atomic E-state index is -0.338. The third-order valence-electron chi connectivity index (χ3n) is 2.83. The van der Waals surface area contributed by atoms with Crippen molar-refractivity contribution in [3.05, 3.63) is 28.2 Å². The van der Waals surface area contributed by atoms with Crippen LogP contribution in [-0.2, 0) is 6.54 Å². The summed E-state index contributed by atoms with van der Waals surface area (Å²) in [5.41, 5.74) is 0.254. The molecule has 0 bridgehead atoms. The van der Waals surface area contributed by atoms with E-state index in [2.05, 4.69) is 10.8 Å². The Morgan fingerprint density at radius 3 is 2.88 bits per heavy atom. The fourth-order valence-corrected chi connectivity index (χ4v) is 1.63. The van der Waals surface area contributed by atoms with E-state index in [1.807, 2.05) is 11.5 Å². The molecule has 0 amide bonds. The molecule has 0 saturated heterocycles. The maximum Gasteiger partial charge on any atom is 0.223 e. The molecule has 0 saturated carbocycles. The quantitative estimate of drug-likeness (QED) is 0.767. The van der Waals surface area contributed by atoms with Crippen LogP contribution >= 0.6 is 0 Å². The Morgan fingerprint density at radius 2 is 2.29 bits per heavy atom. The summed E-state index contributed by atoms with van der Waals surface area (Å²) in [7, 11) is 0. The molecule has 0 unspecified atom stereocenters. The van der Waals surface area contributed by atoms with Crippen LogP contribution in [0.4, 0.5) is 0 Å². The average Bonchev–Trinajstić information content (AvgIpc) is 2.33. The monoisotopic (exact) mass is 234 g/mol. The summed E-state index contributed by atoms with van der Waals surface area (Å²) in [4.78, 5) is 13.3. The molecule has 0 aromatic carbocycles. The predicted molar refractivity (Wildman–Crippen MR) is 68.1 cm³/mol. The topological polar surface area (TPSA) is 45.5 Å². The molecule has 0 fully saturated rings. The van der Waals surface area contributed by atoms with E-state index in [0.29, 0.717) is 18.8 Å². The van der Waals surface area contributed by atoms with Crippen molar-refractivity contribution >= 4 is 0 Å². The second-order valence-electron chi connectivity index (χ2n) is 3.88. The highest BCUT2D eigenvalue weighted by Crippen LogP contribution is 2.08. The van der Waals surface area contributed by atoms with Gasteiger partial charge in [-0.3, -0.25) is 9.69 Å². The Bertz CT molecular complexity index is 471. The lowest BCUT2D eigenvalue weighted by atomic mass is 10.3. The molecule has 17 heavy (non-hydrogen) atoms. The fourth-order valence-electron chi connectivity index (χ4n) is 1.63. The fraction of sp³-hybridized carbons (Fsp3) is 0.462. The summed E-state index contributed by atoms with van der Waals surface area (Å²) in [6, 6.07) is 1.37. The second-order valence-corrected chi connectivity index (χ2v) is 3.88. The van der Waals surface area contributed by atoms with Crippen molar-refractivity contribution in [2.45, 2.75) is 20.4 Å². The average molecular weight is 234 g/mol. The van der Waals surface area contributed by atoms with Gasteiger partial charge in [-0.25, -0.2) is 0 Å². The van der Waals surface area contributed by atoms with Crippen LogP contribution < -0.4 is 5.43 Å². The first kappa shape index (κ1) is 13.3. The van der Waals surface area contributed by atoms with E-state index in [0.717, 1.165) is 13.1 Å². The number of aromatic hydroxyl groups is 1. The van der Waals surface area contributed by atoms with Gasteiger partial charge in [-0.15, -0.1) is 6.42 Å². The number of aromatic nitrogens is 1. The largest absolute Gasteiger partial charge is 0.503 e. The minimum absolute atomic E-state index is 0.174. The van der Waals surface area contributed by atoms with Crippen LogP contribution in [0.2, 0.25) is 0 Å². The van der Waals surface area contributed by atoms with Crippen LogP contribution in [0.15, 0.2) is 17.1 Å². The zero-order valence-corrected chi connectivity index (χ0v) is 10.3. The Morgan fingerprint density at radius 1 is 1.59 bits per heavy atom. The first-order chi connectivity index (χ1) is 8.10. The molecular formula is C13H18N2O2. The lowest BCUT2D eigenvalue weighted by Gasteiger charge is -2.19. The van der Waals surface area contributed by atoms with Crippen molar-refractivity contribution in [3.8, 4) is 18.1 Å². The SMILES string of the molecule is C#CCN(CC)CCn1ccc(=O)c(O)c1C. The van der Waals surface area contributed by atoms with Crippen molar-refractivity contribution in [3.63, 3.8) is 0 Å². The summed E-state index contributed by atoms with van der Waals surface area (Å²) in [6.07, 6.45) is 6.96. The van der Waals surface area contributed by atoms with E-state index in [9.17, 15) is 9.90 Å². The van der Waals surface area contributed by atoms with Gasteiger partial charge in [0.2, 0.25) is 5.43 Å². The molecule has 4 nitrogen and oxygen atoms in total. The Balaban J connectivity index is 2.73. The zero-order valence-electron chi connectivity index (χ0n) is 10.3. The molecule has 0 atom stereocenters. The summed E-state index contributed by atoms with van der Waals surface area (Å²) in [5.74, 6) is 2.43. The van der Waals surface area contributed by atoms with Gasteiger partial charge in [0.1, 0.15) is 0 Å². The maximum absolute atomic E-state index is 11.2. The van der Waals surface area contributed by atoms with E-state index in [1.165, 1.54) is 6.07 Å². The number of hydrogen-bond acceptors (Lipinski definition) is 3. The summed E-state index contributed by atoms with van der Waals surface area (Å²) in [5, 5.41) is 9.53. The van der Waals surface area contributed by atoms with Gasteiger partial charge in [0.25, 0.3) is 0 Å². The molecule has 0 aliphatic heterocycles. The Kier molecular flexibility index (Phi) is 4.80. The molecule has 0 aliphatic rings. The molecule has 0 radical (unpaired) electrons. The highest BCUT2D eigenvalue weighted by atomic mass is 16.3. The summed E-state index contributed by atoms with van der Waals surface area (Å²) < 4.78 is 1.86. The first-order valence-electron chi connectivity index (χ1n) is 5.65. The van der Waals surface area contributed by atoms with Gasteiger partial charge in [0, 0.05) is 25.4 Å². The number of likely N-dealkylation sites (N-methyl/N-ethyl adjacent to an activating group) is 1. The smallest absolute Gasteiger partial charge is 0.223 e. The second kappa shape index (κ2) is 6.12. The number of hydrogen-bond donors (Lipinski definition) is 1. The van der Waals surface area contributed by atoms with E-state index in [-0.39, 0.29) is 11.2 Å². The maximum atomic E-state index is 11.2. The molecular weight excluding hydrogens is 216 g/mol. The molecule has 1 heterocycles. The van der Waals surface area contributed by atoms with Crippen molar-refractivity contribution in [1.29, 1.82) is 0 Å². The molecule has 0 spiro atoms. The van der Waals surface area contributed by atoms with Crippen molar-refractivity contribution < 1.29 is 5.11 Å². The van der Waals surface area contributed by atoms with Gasteiger partial charge in [0.15, 0.2) is 5.75 Å². The van der Waals surface area contributed by atoms with Crippen LogP contribution in [-0.4, -0.2) is 34.2 Å². The number of terminal acetylenes is 1. The zero-order chi connectivity index (χ0) is 12.8. The van der Waals surface area contributed by atoms with Gasteiger partial charge in [-0.1, -0.05) is 12.8 Å². The van der Waals surface area contributed by atoms with E-state index >= 15 is 0 Å². The number of nitrogens with zero attached hydrogens (tertiary/aromatic N) is 2. The van der Waals surface area contributed by atoms with E-state index in [1.54, 1.807) is 13.1 Å². The standard InChI is InChI=1S/C13H18N2O2/c1-4-7-14(5-2)9-10-15-8-6-12(16)13(17)11(15)3/h1,6,8,17H,5,7,9-10H2,2-3H3. The van der Waals surface area contributed by atoms with Gasteiger partial charge < -0.3 is 9.67 Å². The lowest BCUT2D eigenvalue weighted by Crippen LogP contribution is -2.28. The van der Waals surface area contributed by atoms with Gasteiger partial charge >= 0.3 is 0 Å². The van der Waals surface area contributed by atoms with Crippen LogP contribution in [0.3, 0.4) is 0 Å². The van der Waals surface area contributed by atoms with Crippen molar-refractivity contribution in [2.24, 2.45) is 0 Å². The van der Waals surface area contributed by atoms with E-state index < -0.39 is 0 Å². The third-order valence-corrected chi connectivity index (χ3v) is 2.83. The summed E-state index contributed by atoms with van der Waals surface area (Å²) >= 11 is 0. The van der Waals surface area contributed by atoms with Crippen LogP contribution in [0.5, 0.6) is 5.75 Å². The number of rotatable bonds is 5. The van der Waals surface area contributed by atoms with E-state index in [4.69, 9.17) is 6.42 Å². The molecule has 92 valence electrons. The molecule has 1 aromatic heterocycles. The van der Waals surface area contributed by atoms with Gasteiger partial charge in [-0.05, 0) is 13.5 Å². The molecule has 1 N–H and O–H groups in total. The lowest BCUT2D eigenvalue weighted by molar-refractivity contribution is 0.306. The Hall–Kier alpha value is -1.73. The minimum Gasteiger partial charge on any atom is -0.503 e. The third kappa shape index (κ3) is 3.36. The predicted octanol–water partition coefficient (Wildman–Crippen LogP) is 0.817. The van der Waals surface area contributed by atoms with Crippen molar-refractivity contribution in [1.82, 2.24) is 9.47 Å². The molecule has 0 aliphatic carbocycles. The van der Waals surface area contributed by atoms with Crippen molar-refractivity contribution in [2.75, 3.05) is 19.6 Å².